The van der Waals surface area contributed by atoms with Crippen molar-refractivity contribution in [3.05, 3.63) is 23.3 Å². The predicted octanol–water partition coefficient (Wildman–Crippen LogP) is 6.92. The molecule has 2 heteroatoms. The molecular formula is C29H48O2. The zero-order chi connectivity index (χ0) is 22.6. The van der Waals surface area contributed by atoms with E-state index in [4.69, 9.17) is 0 Å². The summed E-state index contributed by atoms with van der Waals surface area (Å²) >= 11 is 0. The third-order valence-corrected chi connectivity index (χ3v) is 10.9. The lowest BCUT2D eigenvalue weighted by atomic mass is 9.46. The van der Waals surface area contributed by atoms with E-state index < -0.39 is 0 Å². The molecule has 0 aromatic rings. The molecule has 4 aliphatic rings. The highest BCUT2D eigenvalue weighted by molar-refractivity contribution is 5.28. The van der Waals surface area contributed by atoms with Crippen LogP contribution in [0.3, 0.4) is 0 Å². The van der Waals surface area contributed by atoms with E-state index in [1.807, 2.05) is 0 Å². The van der Waals surface area contributed by atoms with Gasteiger partial charge in [0.25, 0.3) is 0 Å². The second-order valence-corrected chi connectivity index (χ2v) is 12.5. The zero-order valence-corrected chi connectivity index (χ0v) is 21.0. The fraction of sp³-hybridized carbons (Fsp3) is 0.862. The van der Waals surface area contributed by atoms with Crippen molar-refractivity contribution in [1.82, 2.24) is 0 Å². The number of fused-ring (bicyclic) bond motifs is 5. The van der Waals surface area contributed by atoms with Crippen LogP contribution in [0.5, 0.6) is 0 Å². The summed E-state index contributed by atoms with van der Waals surface area (Å²) < 4.78 is 0. The van der Waals surface area contributed by atoms with Gasteiger partial charge < -0.3 is 10.2 Å². The van der Waals surface area contributed by atoms with Gasteiger partial charge in [-0.15, -0.1) is 0 Å². The maximum absolute atomic E-state index is 11.3. The summed E-state index contributed by atoms with van der Waals surface area (Å²) in [5.74, 6) is 3.88. The fourth-order valence-corrected chi connectivity index (χ4v) is 8.97. The molecule has 0 aromatic heterocycles. The van der Waals surface area contributed by atoms with Gasteiger partial charge in [-0.3, -0.25) is 0 Å². The molecule has 31 heavy (non-hydrogen) atoms. The summed E-state index contributed by atoms with van der Waals surface area (Å²) in [5, 5.41) is 21.6. The topological polar surface area (TPSA) is 40.5 Å². The normalized spacial score (nSPS) is 46.2. The van der Waals surface area contributed by atoms with Gasteiger partial charge in [0.05, 0.1) is 12.2 Å². The van der Waals surface area contributed by atoms with Crippen LogP contribution in [0.4, 0.5) is 0 Å². The molecule has 9 atom stereocenters. The first-order valence-electron chi connectivity index (χ1n) is 13.3. The number of aliphatic hydroxyl groups is 2. The Balaban J connectivity index is 1.53. The van der Waals surface area contributed by atoms with Gasteiger partial charge in [-0.2, -0.15) is 0 Å². The first-order chi connectivity index (χ1) is 14.6. The van der Waals surface area contributed by atoms with Crippen LogP contribution in [0.15, 0.2) is 23.3 Å². The average molecular weight is 429 g/mol. The molecule has 176 valence electrons. The molecule has 0 radical (unpaired) electrons. The highest BCUT2D eigenvalue weighted by Gasteiger charge is 2.61. The van der Waals surface area contributed by atoms with Crippen LogP contribution in [0, 0.1) is 46.3 Å². The summed E-state index contributed by atoms with van der Waals surface area (Å²) in [6.07, 6.45) is 14.6. The van der Waals surface area contributed by atoms with Crippen LogP contribution in [0.1, 0.15) is 99.3 Å². The quantitative estimate of drug-likeness (QED) is 0.467. The summed E-state index contributed by atoms with van der Waals surface area (Å²) in [6.45, 7) is 14.4. The Bertz CT molecular complexity index is 720. The molecular weight excluding hydrogens is 380 g/mol. The van der Waals surface area contributed by atoms with Gasteiger partial charge in [0.1, 0.15) is 0 Å². The van der Waals surface area contributed by atoms with Crippen LogP contribution in [0.2, 0.25) is 0 Å². The molecule has 0 saturated heterocycles. The van der Waals surface area contributed by atoms with E-state index in [1.54, 1.807) is 5.57 Å². The number of rotatable bonds is 5. The summed E-state index contributed by atoms with van der Waals surface area (Å²) in [5.41, 5.74) is 3.56. The number of hydrogen-bond acceptors (Lipinski definition) is 2. The van der Waals surface area contributed by atoms with Crippen LogP contribution >= 0.6 is 0 Å². The molecule has 0 amide bonds. The van der Waals surface area contributed by atoms with Crippen molar-refractivity contribution in [2.24, 2.45) is 46.3 Å². The van der Waals surface area contributed by atoms with Crippen molar-refractivity contribution < 1.29 is 10.2 Å². The van der Waals surface area contributed by atoms with Crippen LogP contribution in [-0.4, -0.2) is 22.4 Å². The van der Waals surface area contributed by atoms with E-state index in [1.165, 1.54) is 44.1 Å². The molecule has 0 bridgehead atoms. The lowest BCUT2D eigenvalue weighted by Crippen LogP contribution is -2.54. The van der Waals surface area contributed by atoms with E-state index in [9.17, 15) is 10.2 Å². The van der Waals surface area contributed by atoms with Crippen LogP contribution in [0.25, 0.3) is 0 Å². The Hall–Kier alpha value is -0.600. The van der Waals surface area contributed by atoms with E-state index in [-0.39, 0.29) is 17.6 Å². The van der Waals surface area contributed by atoms with Crippen molar-refractivity contribution in [2.75, 3.05) is 0 Å². The summed E-state index contributed by atoms with van der Waals surface area (Å²) in [7, 11) is 0. The SMILES string of the molecule is C/C=C(\CC[C@@H](C)[C@H]1CC[C@H]2[C@@H]3[C@H](O)C=C4C[C@@H](O)CC[C@]4(C)[C@H]3CC[C@]12C)C(C)C. The standard InChI is InChI=1S/C29H48O2/c1-7-20(18(2)3)9-8-19(4)23-10-11-24-27-25(13-15-29(23,24)6)28(5)14-12-22(30)16-21(28)17-26(27)31/h7,17-19,22-27,30-31H,8-16H2,1-6H3/b20-7+/t19-,22+,23-,24+,25+,26-,27+,28+,29-/m1/s1. The molecule has 0 spiro atoms. The lowest BCUT2D eigenvalue weighted by Gasteiger charge is -2.59. The van der Waals surface area contributed by atoms with E-state index in [0.717, 1.165) is 31.1 Å². The molecule has 3 saturated carbocycles. The number of allylic oxidation sites excluding steroid dienone is 2. The molecule has 0 unspecified atom stereocenters. The van der Waals surface area contributed by atoms with Crippen molar-refractivity contribution in [2.45, 2.75) is 112 Å². The van der Waals surface area contributed by atoms with Gasteiger partial charge in [0, 0.05) is 0 Å². The van der Waals surface area contributed by atoms with E-state index in [0.29, 0.717) is 29.1 Å². The molecule has 4 rings (SSSR count). The van der Waals surface area contributed by atoms with Crippen molar-refractivity contribution >= 4 is 0 Å². The second-order valence-electron chi connectivity index (χ2n) is 12.5. The smallest absolute Gasteiger partial charge is 0.0757 e. The molecule has 0 aromatic carbocycles. The summed E-state index contributed by atoms with van der Waals surface area (Å²) in [6, 6.07) is 0. The highest BCUT2D eigenvalue weighted by atomic mass is 16.3. The summed E-state index contributed by atoms with van der Waals surface area (Å²) in [4.78, 5) is 0. The molecule has 0 heterocycles. The minimum Gasteiger partial charge on any atom is -0.393 e. The van der Waals surface area contributed by atoms with Gasteiger partial charge >= 0.3 is 0 Å². The molecule has 2 nitrogen and oxygen atoms in total. The molecule has 0 aliphatic heterocycles. The first kappa shape index (κ1) is 23.6. The number of aliphatic hydroxyl groups excluding tert-OH is 2. The van der Waals surface area contributed by atoms with Gasteiger partial charge in [-0.05, 0) is 111 Å². The van der Waals surface area contributed by atoms with E-state index in [2.05, 4.69) is 53.7 Å². The minimum atomic E-state index is -0.312. The Labute approximate surface area is 191 Å². The maximum Gasteiger partial charge on any atom is 0.0757 e. The van der Waals surface area contributed by atoms with Crippen molar-refractivity contribution in [1.29, 1.82) is 0 Å². The molecule has 3 fully saturated rings. The van der Waals surface area contributed by atoms with Crippen LogP contribution in [-0.2, 0) is 0 Å². The monoisotopic (exact) mass is 428 g/mol. The van der Waals surface area contributed by atoms with Crippen LogP contribution < -0.4 is 0 Å². The maximum atomic E-state index is 11.3. The van der Waals surface area contributed by atoms with E-state index >= 15 is 0 Å². The number of hydrogen-bond donors (Lipinski definition) is 2. The first-order valence-corrected chi connectivity index (χ1v) is 13.3. The average Bonchev–Trinajstić information content (AvgIpc) is 3.06. The fourth-order valence-electron chi connectivity index (χ4n) is 8.97. The zero-order valence-electron chi connectivity index (χ0n) is 21.0. The highest BCUT2D eigenvalue weighted by Crippen LogP contribution is 2.67. The van der Waals surface area contributed by atoms with Gasteiger partial charge in [0.2, 0.25) is 0 Å². The second kappa shape index (κ2) is 8.64. The molecule has 2 N–H and O–H groups in total. The Kier molecular flexibility index (Phi) is 6.56. The van der Waals surface area contributed by atoms with Crippen molar-refractivity contribution in [3.8, 4) is 0 Å². The lowest BCUT2D eigenvalue weighted by molar-refractivity contribution is -0.0970. The Morgan fingerprint density at radius 1 is 1.06 bits per heavy atom. The third-order valence-electron chi connectivity index (χ3n) is 10.9. The van der Waals surface area contributed by atoms with Gasteiger partial charge in [-0.25, -0.2) is 0 Å². The predicted molar refractivity (Wildman–Crippen MR) is 130 cm³/mol. The van der Waals surface area contributed by atoms with Crippen molar-refractivity contribution in [3.63, 3.8) is 0 Å². The van der Waals surface area contributed by atoms with Gasteiger partial charge in [-0.1, -0.05) is 57.9 Å². The minimum absolute atomic E-state index is 0.201. The Morgan fingerprint density at radius 2 is 1.81 bits per heavy atom. The third kappa shape index (κ3) is 3.88. The van der Waals surface area contributed by atoms with Gasteiger partial charge in [0.15, 0.2) is 0 Å². The largest absolute Gasteiger partial charge is 0.393 e. The Morgan fingerprint density at radius 3 is 2.48 bits per heavy atom. The molecule has 4 aliphatic carbocycles.